The Bertz CT molecular complexity index is 831. The molecule has 0 aromatic heterocycles. The average molecular weight is 397 g/mol. The lowest BCUT2D eigenvalue weighted by molar-refractivity contribution is -0.131. The maximum absolute atomic E-state index is 12.1. The third-order valence-corrected chi connectivity index (χ3v) is 4.89. The van der Waals surface area contributed by atoms with E-state index >= 15 is 0 Å². The van der Waals surface area contributed by atoms with Gasteiger partial charge in [0.25, 0.3) is 5.91 Å². The zero-order valence-electron chi connectivity index (χ0n) is 15.9. The van der Waals surface area contributed by atoms with Crippen LogP contribution in [0.5, 0.6) is 0 Å². The van der Waals surface area contributed by atoms with E-state index in [-0.39, 0.29) is 16.9 Å². The van der Waals surface area contributed by atoms with Crippen molar-refractivity contribution in [3.05, 3.63) is 60.2 Å². The molecule has 0 bridgehead atoms. The highest BCUT2D eigenvalue weighted by Gasteiger charge is 2.20. The fourth-order valence-electron chi connectivity index (χ4n) is 3.12. The molecular formula is C21H24N4O2S. The van der Waals surface area contributed by atoms with Gasteiger partial charge in [-0.25, -0.2) is 0 Å². The van der Waals surface area contributed by atoms with E-state index in [1.807, 2.05) is 54.3 Å². The number of nitrogens with zero attached hydrogens (tertiary/aromatic N) is 2. The number of amides is 2. The summed E-state index contributed by atoms with van der Waals surface area (Å²) in [6.07, 6.45) is 0.557. The monoisotopic (exact) mass is 396 g/mol. The highest BCUT2D eigenvalue weighted by Crippen LogP contribution is 2.19. The SMILES string of the molecule is CCC(=O)N1CCN(c2ccc(NC(=S)NC(=O)c3ccccc3)cc2)CC1. The van der Waals surface area contributed by atoms with Crippen molar-refractivity contribution in [3.63, 3.8) is 0 Å². The van der Waals surface area contributed by atoms with Gasteiger partial charge in [0.2, 0.25) is 5.91 Å². The van der Waals surface area contributed by atoms with E-state index in [2.05, 4.69) is 15.5 Å². The smallest absolute Gasteiger partial charge is 0.257 e. The van der Waals surface area contributed by atoms with Crippen LogP contribution < -0.4 is 15.5 Å². The zero-order chi connectivity index (χ0) is 19.9. The number of hydrogen-bond acceptors (Lipinski definition) is 4. The van der Waals surface area contributed by atoms with Crippen LogP contribution in [-0.2, 0) is 4.79 Å². The number of anilines is 2. The van der Waals surface area contributed by atoms with Crippen molar-refractivity contribution in [3.8, 4) is 0 Å². The molecule has 6 nitrogen and oxygen atoms in total. The van der Waals surface area contributed by atoms with Gasteiger partial charge in [-0.3, -0.25) is 14.9 Å². The number of hydrogen-bond donors (Lipinski definition) is 2. The van der Waals surface area contributed by atoms with Crippen molar-refractivity contribution in [1.82, 2.24) is 10.2 Å². The van der Waals surface area contributed by atoms with Crippen LogP contribution in [0.3, 0.4) is 0 Å². The molecule has 3 rings (SSSR count). The van der Waals surface area contributed by atoms with Crippen LogP contribution in [0.2, 0.25) is 0 Å². The van der Waals surface area contributed by atoms with Crippen molar-refractivity contribution < 1.29 is 9.59 Å². The Kier molecular flexibility index (Phi) is 6.60. The molecule has 2 N–H and O–H groups in total. The highest BCUT2D eigenvalue weighted by atomic mass is 32.1. The lowest BCUT2D eigenvalue weighted by atomic mass is 10.2. The van der Waals surface area contributed by atoms with Gasteiger partial charge in [0.05, 0.1) is 0 Å². The molecule has 0 unspecified atom stereocenters. The number of carbonyl (C=O) groups is 2. The summed E-state index contributed by atoms with van der Waals surface area (Å²) in [7, 11) is 0. The van der Waals surface area contributed by atoms with Crippen LogP contribution in [-0.4, -0.2) is 48.0 Å². The molecule has 2 aromatic carbocycles. The maximum atomic E-state index is 12.1. The topological polar surface area (TPSA) is 64.7 Å². The molecule has 0 aliphatic carbocycles. The standard InChI is InChI=1S/C21H24N4O2S/c1-2-19(26)25-14-12-24(13-15-25)18-10-8-17(9-11-18)22-21(28)23-20(27)16-6-4-3-5-7-16/h3-11H,2,12-15H2,1H3,(H2,22,23,27,28). The van der Waals surface area contributed by atoms with Crippen molar-refractivity contribution in [1.29, 1.82) is 0 Å². The molecule has 0 atom stereocenters. The van der Waals surface area contributed by atoms with Crippen molar-refractivity contribution in [2.75, 3.05) is 36.4 Å². The number of nitrogens with one attached hydrogen (secondary N) is 2. The molecule has 146 valence electrons. The van der Waals surface area contributed by atoms with Crippen molar-refractivity contribution in [2.45, 2.75) is 13.3 Å². The summed E-state index contributed by atoms with van der Waals surface area (Å²) >= 11 is 5.23. The van der Waals surface area contributed by atoms with Gasteiger partial charge in [-0.15, -0.1) is 0 Å². The van der Waals surface area contributed by atoms with E-state index in [9.17, 15) is 9.59 Å². The number of thiocarbonyl (C=S) groups is 1. The molecule has 28 heavy (non-hydrogen) atoms. The Morgan fingerprint density at radius 2 is 1.61 bits per heavy atom. The third kappa shape index (κ3) is 5.07. The largest absolute Gasteiger partial charge is 0.368 e. The molecule has 7 heteroatoms. The first-order chi connectivity index (χ1) is 13.6. The van der Waals surface area contributed by atoms with Gasteiger partial charge >= 0.3 is 0 Å². The lowest BCUT2D eigenvalue weighted by Crippen LogP contribution is -2.48. The summed E-state index contributed by atoms with van der Waals surface area (Å²) < 4.78 is 0. The number of carbonyl (C=O) groups excluding carboxylic acids is 2. The van der Waals surface area contributed by atoms with E-state index in [1.54, 1.807) is 12.1 Å². The van der Waals surface area contributed by atoms with Gasteiger partial charge in [-0.2, -0.15) is 0 Å². The predicted octanol–water partition coefficient (Wildman–Crippen LogP) is 2.87. The molecule has 1 aliphatic rings. The Morgan fingerprint density at radius 3 is 2.21 bits per heavy atom. The zero-order valence-corrected chi connectivity index (χ0v) is 16.7. The molecule has 0 radical (unpaired) electrons. The fourth-order valence-corrected chi connectivity index (χ4v) is 3.33. The predicted molar refractivity (Wildman–Crippen MR) is 116 cm³/mol. The molecule has 2 aromatic rings. The molecule has 0 spiro atoms. The number of piperazine rings is 1. The summed E-state index contributed by atoms with van der Waals surface area (Å²) in [4.78, 5) is 28.1. The van der Waals surface area contributed by atoms with Gasteiger partial charge in [-0.05, 0) is 48.6 Å². The second kappa shape index (κ2) is 9.32. The summed E-state index contributed by atoms with van der Waals surface area (Å²) in [6, 6.07) is 16.8. The Hall–Kier alpha value is -2.93. The first-order valence-corrected chi connectivity index (χ1v) is 9.78. The second-order valence-corrected chi connectivity index (χ2v) is 6.95. The van der Waals surface area contributed by atoms with Gasteiger partial charge < -0.3 is 15.1 Å². The first-order valence-electron chi connectivity index (χ1n) is 9.37. The van der Waals surface area contributed by atoms with E-state index in [4.69, 9.17) is 12.2 Å². The minimum absolute atomic E-state index is 0.213. The Morgan fingerprint density at radius 1 is 0.964 bits per heavy atom. The van der Waals surface area contributed by atoms with E-state index in [0.717, 1.165) is 37.6 Å². The van der Waals surface area contributed by atoms with Crippen LogP contribution in [0.15, 0.2) is 54.6 Å². The van der Waals surface area contributed by atoms with Crippen molar-refractivity contribution >= 4 is 40.5 Å². The third-order valence-electron chi connectivity index (χ3n) is 4.69. The summed E-state index contributed by atoms with van der Waals surface area (Å²) in [5, 5.41) is 5.97. The Labute approximate surface area is 170 Å². The minimum atomic E-state index is -0.241. The van der Waals surface area contributed by atoms with Gasteiger partial charge in [0.1, 0.15) is 0 Å². The quantitative estimate of drug-likeness (QED) is 0.778. The normalized spacial score (nSPS) is 13.8. The van der Waals surface area contributed by atoms with E-state index in [1.165, 1.54) is 0 Å². The highest BCUT2D eigenvalue weighted by molar-refractivity contribution is 7.80. The molecule has 1 aliphatic heterocycles. The van der Waals surface area contributed by atoms with Crippen LogP contribution in [0.25, 0.3) is 0 Å². The summed E-state index contributed by atoms with van der Waals surface area (Å²) in [5.41, 5.74) is 2.47. The second-order valence-electron chi connectivity index (χ2n) is 6.54. The number of rotatable bonds is 4. The summed E-state index contributed by atoms with van der Waals surface area (Å²) in [6.45, 7) is 5.05. The van der Waals surface area contributed by atoms with Crippen LogP contribution in [0.1, 0.15) is 23.7 Å². The molecule has 0 saturated carbocycles. The lowest BCUT2D eigenvalue weighted by Gasteiger charge is -2.36. The molecule has 1 saturated heterocycles. The minimum Gasteiger partial charge on any atom is -0.368 e. The molecule has 1 fully saturated rings. The summed E-state index contributed by atoms with van der Waals surface area (Å²) in [5.74, 6) is -0.0283. The number of benzene rings is 2. The maximum Gasteiger partial charge on any atom is 0.257 e. The molecular weight excluding hydrogens is 372 g/mol. The molecule has 2 amide bonds. The van der Waals surface area contributed by atoms with Crippen LogP contribution >= 0.6 is 12.2 Å². The first kappa shape index (κ1) is 19.8. The van der Waals surface area contributed by atoms with E-state index in [0.29, 0.717) is 12.0 Å². The van der Waals surface area contributed by atoms with Gasteiger partial charge in [0.15, 0.2) is 5.11 Å². The van der Waals surface area contributed by atoms with E-state index < -0.39 is 0 Å². The van der Waals surface area contributed by atoms with Crippen LogP contribution in [0.4, 0.5) is 11.4 Å². The van der Waals surface area contributed by atoms with Gasteiger partial charge in [0, 0.05) is 49.5 Å². The van der Waals surface area contributed by atoms with Gasteiger partial charge in [-0.1, -0.05) is 25.1 Å². The average Bonchev–Trinajstić information content (AvgIpc) is 2.74. The molecule has 1 heterocycles. The van der Waals surface area contributed by atoms with Crippen molar-refractivity contribution in [2.24, 2.45) is 0 Å². The van der Waals surface area contributed by atoms with Crippen LogP contribution in [0, 0.1) is 0 Å². The Balaban J connectivity index is 1.51. The fraction of sp³-hybridized carbons (Fsp3) is 0.286.